The Labute approximate surface area is 159 Å². The van der Waals surface area contributed by atoms with E-state index in [9.17, 15) is 4.79 Å². The molecule has 1 N–H and O–H groups in total. The van der Waals surface area contributed by atoms with Gasteiger partial charge in [0.2, 0.25) is 0 Å². The number of nitrogens with zero attached hydrogens (tertiary/aromatic N) is 2. The summed E-state index contributed by atoms with van der Waals surface area (Å²) < 4.78 is 2.92. The number of nitrogens with one attached hydrogen (secondary N) is 1. The fourth-order valence-corrected chi connectivity index (χ4v) is 3.60. The molecule has 0 bridgehead atoms. The second-order valence-electron chi connectivity index (χ2n) is 6.03. The molecule has 0 saturated carbocycles. The summed E-state index contributed by atoms with van der Waals surface area (Å²) in [5.41, 5.74) is 6.42. The predicted molar refractivity (Wildman–Crippen MR) is 110 cm³/mol. The average molecular weight is 406 g/mol. The fraction of sp³-hybridized carbons (Fsp3) is 0.0476. The van der Waals surface area contributed by atoms with Crippen LogP contribution in [0.25, 0.3) is 21.8 Å². The Morgan fingerprint density at radius 1 is 1.00 bits per heavy atom. The molecule has 0 atom stereocenters. The van der Waals surface area contributed by atoms with E-state index in [0.29, 0.717) is 5.56 Å². The molecule has 5 heteroatoms. The molecule has 1 heterocycles. The number of para-hydroxylation sites is 1. The molecule has 0 spiro atoms. The van der Waals surface area contributed by atoms with Crippen LogP contribution in [0.15, 0.2) is 76.3 Å². The van der Waals surface area contributed by atoms with E-state index in [1.54, 1.807) is 12.3 Å². The average Bonchev–Trinajstić information content (AvgIpc) is 2.95. The van der Waals surface area contributed by atoms with Crippen LogP contribution in [0.1, 0.15) is 15.9 Å². The van der Waals surface area contributed by atoms with Gasteiger partial charge in [0.05, 0.1) is 11.8 Å². The minimum Gasteiger partial charge on any atom is -0.344 e. The van der Waals surface area contributed by atoms with Crippen molar-refractivity contribution in [2.24, 2.45) is 12.1 Å². The third-order valence-electron chi connectivity index (χ3n) is 4.44. The van der Waals surface area contributed by atoms with Crippen molar-refractivity contribution in [3.8, 4) is 0 Å². The molecule has 4 nitrogen and oxygen atoms in total. The molecule has 0 fully saturated rings. The molecule has 1 aromatic heterocycles. The standard InChI is InChI=1S/C21H16BrN3O/c1-25-19-9-5-3-6-15(19)17-12-14(10-11-20(17)25)13-23-24-21(26)16-7-2-4-8-18(16)22/h2-13H,1H3,(H,24,26)/b23-13-. The molecule has 0 saturated heterocycles. The summed E-state index contributed by atoms with van der Waals surface area (Å²) in [6.07, 6.45) is 1.66. The quantitative estimate of drug-likeness (QED) is 0.384. The maximum atomic E-state index is 12.2. The Morgan fingerprint density at radius 3 is 2.58 bits per heavy atom. The van der Waals surface area contributed by atoms with E-state index in [2.05, 4.69) is 62.3 Å². The number of hydrogen-bond donors (Lipinski definition) is 1. The molecule has 0 aliphatic rings. The number of amides is 1. The Hall–Kier alpha value is -2.92. The van der Waals surface area contributed by atoms with Crippen LogP contribution in [0.2, 0.25) is 0 Å². The number of rotatable bonds is 3. The molecule has 0 aliphatic heterocycles. The smallest absolute Gasteiger partial charge is 0.272 e. The Balaban J connectivity index is 1.61. The number of hydrazone groups is 1. The molecule has 4 rings (SSSR count). The van der Waals surface area contributed by atoms with E-state index in [4.69, 9.17) is 0 Å². The van der Waals surface area contributed by atoms with Crippen molar-refractivity contribution in [1.82, 2.24) is 9.99 Å². The number of carbonyl (C=O) groups is 1. The van der Waals surface area contributed by atoms with E-state index in [1.807, 2.05) is 36.4 Å². The SMILES string of the molecule is Cn1c2ccccc2c2cc(/C=N\NC(=O)c3ccccc3Br)ccc21. The second kappa shape index (κ2) is 6.77. The number of benzene rings is 3. The summed E-state index contributed by atoms with van der Waals surface area (Å²) in [5, 5.41) is 6.48. The summed E-state index contributed by atoms with van der Waals surface area (Å²) >= 11 is 3.37. The number of fused-ring (bicyclic) bond motifs is 3. The van der Waals surface area contributed by atoms with Gasteiger partial charge >= 0.3 is 0 Å². The van der Waals surface area contributed by atoms with Crippen molar-refractivity contribution in [2.45, 2.75) is 0 Å². The lowest BCUT2D eigenvalue weighted by Gasteiger charge is -2.02. The van der Waals surface area contributed by atoms with Crippen LogP contribution < -0.4 is 5.43 Å². The molecular formula is C21H16BrN3O. The zero-order valence-electron chi connectivity index (χ0n) is 14.1. The van der Waals surface area contributed by atoms with Crippen LogP contribution in [0.4, 0.5) is 0 Å². The topological polar surface area (TPSA) is 46.4 Å². The van der Waals surface area contributed by atoms with Crippen molar-refractivity contribution in [2.75, 3.05) is 0 Å². The molecule has 0 unspecified atom stereocenters. The summed E-state index contributed by atoms with van der Waals surface area (Å²) in [6.45, 7) is 0. The first-order chi connectivity index (χ1) is 12.6. The van der Waals surface area contributed by atoms with Crippen LogP contribution >= 0.6 is 15.9 Å². The van der Waals surface area contributed by atoms with E-state index < -0.39 is 0 Å². The first-order valence-corrected chi connectivity index (χ1v) is 8.99. The van der Waals surface area contributed by atoms with E-state index in [-0.39, 0.29) is 5.91 Å². The van der Waals surface area contributed by atoms with Gasteiger partial charge in [-0.25, -0.2) is 5.43 Å². The van der Waals surface area contributed by atoms with Gasteiger partial charge in [0, 0.05) is 33.3 Å². The molecule has 3 aromatic carbocycles. The normalized spacial score (nSPS) is 11.5. The third-order valence-corrected chi connectivity index (χ3v) is 5.13. The predicted octanol–water partition coefficient (Wildman–Crippen LogP) is 4.86. The van der Waals surface area contributed by atoms with Gasteiger partial charge < -0.3 is 4.57 Å². The van der Waals surface area contributed by atoms with Crippen LogP contribution in [0, 0.1) is 0 Å². The zero-order valence-corrected chi connectivity index (χ0v) is 15.7. The Bertz CT molecular complexity index is 1160. The van der Waals surface area contributed by atoms with E-state index in [1.165, 1.54) is 21.8 Å². The molecule has 128 valence electrons. The number of aromatic nitrogens is 1. The van der Waals surface area contributed by atoms with Crippen LogP contribution in [0.5, 0.6) is 0 Å². The van der Waals surface area contributed by atoms with Gasteiger partial charge in [-0.3, -0.25) is 4.79 Å². The fourth-order valence-electron chi connectivity index (χ4n) is 3.14. The summed E-state index contributed by atoms with van der Waals surface area (Å²) in [6, 6.07) is 21.7. The van der Waals surface area contributed by atoms with E-state index in [0.717, 1.165) is 10.0 Å². The van der Waals surface area contributed by atoms with Gasteiger partial charge in [-0.1, -0.05) is 36.4 Å². The van der Waals surface area contributed by atoms with Gasteiger partial charge in [-0.05, 0) is 51.8 Å². The zero-order chi connectivity index (χ0) is 18.1. The van der Waals surface area contributed by atoms with Crippen molar-refractivity contribution < 1.29 is 4.79 Å². The van der Waals surface area contributed by atoms with Gasteiger partial charge in [0.15, 0.2) is 0 Å². The highest BCUT2D eigenvalue weighted by atomic mass is 79.9. The van der Waals surface area contributed by atoms with E-state index >= 15 is 0 Å². The maximum absolute atomic E-state index is 12.2. The van der Waals surface area contributed by atoms with Crippen LogP contribution in [0.3, 0.4) is 0 Å². The Morgan fingerprint density at radius 2 is 1.73 bits per heavy atom. The summed E-state index contributed by atoms with van der Waals surface area (Å²) in [5.74, 6) is -0.250. The first-order valence-electron chi connectivity index (χ1n) is 8.20. The molecular weight excluding hydrogens is 390 g/mol. The van der Waals surface area contributed by atoms with Crippen LogP contribution in [-0.4, -0.2) is 16.7 Å². The minimum absolute atomic E-state index is 0.250. The van der Waals surface area contributed by atoms with Crippen molar-refractivity contribution in [1.29, 1.82) is 0 Å². The van der Waals surface area contributed by atoms with Gasteiger partial charge in [-0.2, -0.15) is 5.10 Å². The number of aryl methyl sites for hydroxylation is 1. The molecule has 4 aromatic rings. The molecule has 0 radical (unpaired) electrons. The van der Waals surface area contributed by atoms with Gasteiger partial charge in [0.1, 0.15) is 0 Å². The highest BCUT2D eigenvalue weighted by Gasteiger charge is 2.09. The highest BCUT2D eigenvalue weighted by Crippen LogP contribution is 2.28. The minimum atomic E-state index is -0.250. The largest absolute Gasteiger partial charge is 0.344 e. The lowest BCUT2D eigenvalue weighted by Crippen LogP contribution is -2.18. The lowest BCUT2D eigenvalue weighted by atomic mass is 10.1. The number of hydrogen-bond acceptors (Lipinski definition) is 2. The van der Waals surface area contributed by atoms with Crippen molar-refractivity contribution in [3.63, 3.8) is 0 Å². The third kappa shape index (κ3) is 2.91. The lowest BCUT2D eigenvalue weighted by molar-refractivity contribution is 0.0954. The van der Waals surface area contributed by atoms with Gasteiger partial charge in [-0.15, -0.1) is 0 Å². The first kappa shape index (κ1) is 16.5. The highest BCUT2D eigenvalue weighted by molar-refractivity contribution is 9.10. The number of carbonyl (C=O) groups excluding carboxylic acids is 1. The number of halogens is 1. The molecule has 1 amide bonds. The van der Waals surface area contributed by atoms with Gasteiger partial charge in [0.25, 0.3) is 5.91 Å². The monoisotopic (exact) mass is 405 g/mol. The summed E-state index contributed by atoms with van der Waals surface area (Å²) in [7, 11) is 2.07. The van der Waals surface area contributed by atoms with Crippen molar-refractivity contribution >= 4 is 49.9 Å². The molecule has 26 heavy (non-hydrogen) atoms. The van der Waals surface area contributed by atoms with Crippen molar-refractivity contribution in [3.05, 3.63) is 82.3 Å². The Kier molecular flexibility index (Phi) is 4.31. The second-order valence-corrected chi connectivity index (χ2v) is 6.89. The maximum Gasteiger partial charge on any atom is 0.272 e. The van der Waals surface area contributed by atoms with Crippen LogP contribution in [-0.2, 0) is 7.05 Å². The molecule has 0 aliphatic carbocycles. The summed E-state index contributed by atoms with van der Waals surface area (Å²) in [4.78, 5) is 12.2.